The summed E-state index contributed by atoms with van der Waals surface area (Å²) in [6.07, 6.45) is 4.56. The summed E-state index contributed by atoms with van der Waals surface area (Å²) in [5, 5.41) is 3.92. The highest BCUT2D eigenvalue weighted by Crippen LogP contribution is 2.42. The van der Waals surface area contributed by atoms with Crippen LogP contribution >= 0.6 is 0 Å². The Morgan fingerprint density at radius 3 is 2.82 bits per heavy atom. The van der Waals surface area contributed by atoms with Crippen molar-refractivity contribution in [3.8, 4) is 0 Å². The molecule has 2 saturated carbocycles. The van der Waals surface area contributed by atoms with E-state index < -0.39 is 0 Å². The fourth-order valence-corrected chi connectivity index (χ4v) is 2.06. The molecule has 2 fully saturated rings. The number of carbonyl (C=O) groups excluding carboxylic acids is 1. The minimum atomic E-state index is -0.0662. The standard InChI is InChI=1S/C12H16N2O3/c1-16-11(8-4-5-8)12-13-10(17-14-12)6-9(15)7-2-3-7/h7-8,11H,2-6H2,1H3. The van der Waals surface area contributed by atoms with Crippen LogP contribution in [-0.4, -0.2) is 23.0 Å². The molecular weight excluding hydrogens is 220 g/mol. The van der Waals surface area contributed by atoms with Gasteiger partial charge in [0.1, 0.15) is 11.9 Å². The Morgan fingerprint density at radius 2 is 2.24 bits per heavy atom. The Labute approximate surface area is 99.5 Å². The van der Waals surface area contributed by atoms with Gasteiger partial charge in [0.15, 0.2) is 0 Å². The van der Waals surface area contributed by atoms with E-state index in [-0.39, 0.29) is 24.2 Å². The van der Waals surface area contributed by atoms with E-state index in [9.17, 15) is 4.79 Å². The quantitative estimate of drug-likeness (QED) is 0.752. The van der Waals surface area contributed by atoms with Crippen molar-refractivity contribution in [3.63, 3.8) is 0 Å². The molecule has 0 bridgehead atoms. The molecule has 1 aromatic heterocycles. The van der Waals surface area contributed by atoms with Gasteiger partial charge in [-0.3, -0.25) is 4.79 Å². The maximum atomic E-state index is 11.6. The van der Waals surface area contributed by atoms with Crippen molar-refractivity contribution in [2.24, 2.45) is 11.8 Å². The molecular formula is C12H16N2O3. The Balaban J connectivity index is 1.66. The minimum Gasteiger partial charge on any atom is -0.373 e. The number of Topliss-reactive ketones (excluding diaryl/α,β-unsaturated/α-hetero) is 1. The summed E-state index contributed by atoms with van der Waals surface area (Å²) in [7, 11) is 1.66. The van der Waals surface area contributed by atoms with E-state index in [1.54, 1.807) is 7.11 Å². The van der Waals surface area contributed by atoms with Gasteiger partial charge in [0.05, 0.1) is 6.42 Å². The maximum absolute atomic E-state index is 11.6. The molecule has 1 atom stereocenters. The number of ether oxygens (including phenoxy) is 1. The third kappa shape index (κ3) is 2.39. The van der Waals surface area contributed by atoms with E-state index in [0.717, 1.165) is 25.7 Å². The highest BCUT2D eigenvalue weighted by atomic mass is 16.5. The Morgan fingerprint density at radius 1 is 1.47 bits per heavy atom. The summed E-state index contributed by atoms with van der Waals surface area (Å²) in [6.45, 7) is 0. The number of hydrogen-bond acceptors (Lipinski definition) is 5. The van der Waals surface area contributed by atoms with E-state index in [0.29, 0.717) is 17.6 Å². The predicted molar refractivity (Wildman–Crippen MR) is 58.2 cm³/mol. The zero-order valence-corrected chi connectivity index (χ0v) is 9.89. The third-order valence-electron chi connectivity index (χ3n) is 3.40. The van der Waals surface area contributed by atoms with Gasteiger partial charge in [0.2, 0.25) is 11.7 Å². The number of hydrogen-bond donors (Lipinski definition) is 0. The first kappa shape index (κ1) is 10.9. The monoisotopic (exact) mass is 236 g/mol. The number of rotatable bonds is 6. The predicted octanol–water partition coefficient (Wildman–Crippen LogP) is 1.69. The molecule has 0 N–H and O–H groups in total. The molecule has 1 heterocycles. The van der Waals surface area contributed by atoms with Crippen molar-refractivity contribution in [2.75, 3.05) is 7.11 Å². The van der Waals surface area contributed by atoms with Crippen LogP contribution in [-0.2, 0) is 16.0 Å². The zero-order chi connectivity index (χ0) is 11.8. The van der Waals surface area contributed by atoms with Gasteiger partial charge in [-0.15, -0.1) is 0 Å². The Kier molecular flexibility index (Phi) is 2.70. The molecule has 0 radical (unpaired) electrons. The van der Waals surface area contributed by atoms with Crippen LogP contribution in [0.1, 0.15) is 43.5 Å². The van der Waals surface area contributed by atoms with Gasteiger partial charge in [-0.05, 0) is 31.6 Å². The number of ketones is 1. The van der Waals surface area contributed by atoms with E-state index in [1.165, 1.54) is 0 Å². The van der Waals surface area contributed by atoms with Crippen molar-refractivity contribution in [1.82, 2.24) is 10.1 Å². The molecule has 0 amide bonds. The summed E-state index contributed by atoms with van der Waals surface area (Å²) >= 11 is 0. The largest absolute Gasteiger partial charge is 0.373 e. The second-order valence-electron chi connectivity index (χ2n) is 4.96. The first-order valence-electron chi connectivity index (χ1n) is 6.16. The molecule has 1 unspecified atom stereocenters. The van der Waals surface area contributed by atoms with Gasteiger partial charge >= 0.3 is 0 Å². The fraction of sp³-hybridized carbons (Fsp3) is 0.750. The van der Waals surface area contributed by atoms with Crippen LogP contribution < -0.4 is 0 Å². The van der Waals surface area contributed by atoms with Crippen LogP contribution in [0.2, 0.25) is 0 Å². The first-order chi connectivity index (χ1) is 8.28. The van der Waals surface area contributed by atoms with Gasteiger partial charge in [0.25, 0.3) is 0 Å². The lowest BCUT2D eigenvalue weighted by molar-refractivity contribution is -0.119. The van der Waals surface area contributed by atoms with Crippen LogP contribution in [0.4, 0.5) is 0 Å². The van der Waals surface area contributed by atoms with Crippen molar-refractivity contribution in [1.29, 1.82) is 0 Å². The summed E-state index contributed by atoms with van der Waals surface area (Å²) in [4.78, 5) is 15.9. The SMILES string of the molecule is COC(c1noc(CC(=O)C2CC2)n1)C1CC1. The zero-order valence-electron chi connectivity index (χ0n) is 9.89. The number of carbonyl (C=O) groups is 1. The molecule has 2 aliphatic rings. The smallest absolute Gasteiger partial charge is 0.234 e. The normalized spacial score (nSPS) is 21.5. The molecule has 3 rings (SSSR count). The summed E-state index contributed by atoms with van der Waals surface area (Å²) in [5.74, 6) is 2.00. The van der Waals surface area contributed by atoms with E-state index in [1.807, 2.05) is 0 Å². The third-order valence-corrected chi connectivity index (χ3v) is 3.40. The molecule has 0 spiro atoms. The van der Waals surface area contributed by atoms with E-state index >= 15 is 0 Å². The minimum absolute atomic E-state index is 0.0662. The molecule has 0 aromatic carbocycles. The molecule has 1 aromatic rings. The average molecular weight is 236 g/mol. The molecule has 92 valence electrons. The van der Waals surface area contributed by atoms with Crippen molar-refractivity contribution in [3.05, 3.63) is 11.7 Å². The van der Waals surface area contributed by atoms with Crippen LogP contribution in [0.3, 0.4) is 0 Å². The van der Waals surface area contributed by atoms with Crippen LogP contribution in [0.5, 0.6) is 0 Å². The van der Waals surface area contributed by atoms with Crippen molar-refractivity contribution in [2.45, 2.75) is 38.2 Å². The van der Waals surface area contributed by atoms with Gasteiger partial charge < -0.3 is 9.26 Å². The lowest BCUT2D eigenvalue weighted by atomic mass is 10.2. The molecule has 5 nitrogen and oxygen atoms in total. The maximum Gasteiger partial charge on any atom is 0.234 e. The lowest BCUT2D eigenvalue weighted by Gasteiger charge is -2.08. The highest BCUT2D eigenvalue weighted by Gasteiger charge is 2.36. The highest BCUT2D eigenvalue weighted by molar-refractivity contribution is 5.84. The fourth-order valence-electron chi connectivity index (χ4n) is 2.06. The van der Waals surface area contributed by atoms with Crippen LogP contribution in [0.15, 0.2) is 4.52 Å². The second kappa shape index (κ2) is 4.22. The van der Waals surface area contributed by atoms with Crippen LogP contribution in [0, 0.1) is 11.8 Å². The summed E-state index contributed by atoms with van der Waals surface area (Å²) < 4.78 is 10.5. The van der Waals surface area contributed by atoms with E-state index in [4.69, 9.17) is 9.26 Å². The van der Waals surface area contributed by atoms with Gasteiger partial charge in [-0.2, -0.15) is 4.98 Å². The number of aromatic nitrogens is 2. The molecule has 2 aliphatic carbocycles. The topological polar surface area (TPSA) is 65.2 Å². The van der Waals surface area contributed by atoms with Gasteiger partial charge in [-0.1, -0.05) is 5.16 Å². The molecule has 0 saturated heterocycles. The number of nitrogens with zero attached hydrogens (tertiary/aromatic N) is 2. The average Bonchev–Trinajstić information content (AvgIpc) is 3.20. The van der Waals surface area contributed by atoms with Crippen molar-refractivity contribution < 1.29 is 14.1 Å². The number of methoxy groups -OCH3 is 1. The Hall–Kier alpha value is -1.23. The van der Waals surface area contributed by atoms with E-state index in [2.05, 4.69) is 10.1 Å². The molecule has 5 heteroatoms. The van der Waals surface area contributed by atoms with Crippen LogP contribution in [0.25, 0.3) is 0 Å². The molecule has 17 heavy (non-hydrogen) atoms. The summed E-state index contributed by atoms with van der Waals surface area (Å²) in [5.41, 5.74) is 0. The van der Waals surface area contributed by atoms with Crippen molar-refractivity contribution >= 4 is 5.78 Å². The second-order valence-corrected chi connectivity index (χ2v) is 4.96. The Bertz CT molecular complexity index is 421. The molecule has 0 aliphatic heterocycles. The van der Waals surface area contributed by atoms with Gasteiger partial charge in [-0.25, -0.2) is 0 Å². The van der Waals surface area contributed by atoms with Gasteiger partial charge in [0, 0.05) is 13.0 Å². The first-order valence-corrected chi connectivity index (χ1v) is 6.16. The summed E-state index contributed by atoms with van der Waals surface area (Å²) in [6, 6.07) is 0. The lowest BCUT2D eigenvalue weighted by Crippen LogP contribution is -2.07.